The van der Waals surface area contributed by atoms with E-state index in [4.69, 9.17) is 5.73 Å². The fourth-order valence-electron chi connectivity index (χ4n) is 2.14. The summed E-state index contributed by atoms with van der Waals surface area (Å²) < 4.78 is 2.14. The molecule has 14 heavy (non-hydrogen) atoms. The first-order valence-electron chi connectivity index (χ1n) is 5.04. The smallest absolute Gasteiger partial charge is 0.0481 e. The third-order valence-corrected chi connectivity index (χ3v) is 3.25. The van der Waals surface area contributed by atoms with E-state index < -0.39 is 0 Å². The Morgan fingerprint density at radius 2 is 2.07 bits per heavy atom. The first kappa shape index (κ1) is 8.06. The molecule has 2 N–H and O–H groups in total. The third kappa shape index (κ3) is 0.946. The average molecular weight is 186 g/mol. The molecule has 1 aromatic carbocycles. The number of aryl methyl sites for hydroxylation is 1. The zero-order chi connectivity index (χ0) is 9.76. The van der Waals surface area contributed by atoms with E-state index in [1.165, 1.54) is 16.5 Å². The minimum Gasteiger partial charge on any atom is -0.351 e. The Kier molecular flexibility index (Phi) is 1.38. The van der Waals surface area contributed by atoms with Crippen molar-refractivity contribution in [1.82, 2.24) is 4.57 Å². The molecule has 3 rings (SSSR count). The quantitative estimate of drug-likeness (QED) is 0.726. The molecule has 2 aromatic rings. The second kappa shape index (κ2) is 2.39. The molecule has 1 saturated carbocycles. The lowest BCUT2D eigenvalue weighted by Gasteiger charge is -2.10. The van der Waals surface area contributed by atoms with Gasteiger partial charge in [-0.2, -0.15) is 0 Å². The summed E-state index contributed by atoms with van der Waals surface area (Å²) in [6.45, 7) is 0. The van der Waals surface area contributed by atoms with Crippen molar-refractivity contribution in [3.63, 3.8) is 0 Å². The fourth-order valence-corrected chi connectivity index (χ4v) is 2.14. The van der Waals surface area contributed by atoms with Crippen molar-refractivity contribution in [3.8, 4) is 0 Å². The van der Waals surface area contributed by atoms with Gasteiger partial charge in [-0.3, -0.25) is 0 Å². The highest BCUT2D eigenvalue weighted by atomic mass is 14.9. The summed E-state index contributed by atoms with van der Waals surface area (Å²) in [6, 6.07) is 8.57. The molecular formula is C12H14N2. The van der Waals surface area contributed by atoms with Crippen LogP contribution in [-0.2, 0) is 12.6 Å². The van der Waals surface area contributed by atoms with E-state index in [0.29, 0.717) is 0 Å². The maximum Gasteiger partial charge on any atom is 0.0481 e. The Morgan fingerprint density at radius 3 is 2.79 bits per heavy atom. The molecule has 2 nitrogen and oxygen atoms in total. The summed E-state index contributed by atoms with van der Waals surface area (Å²) in [5.74, 6) is 0. The molecule has 1 aliphatic carbocycles. The Hall–Kier alpha value is -1.28. The van der Waals surface area contributed by atoms with Crippen LogP contribution < -0.4 is 5.73 Å². The summed E-state index contributed by atoms with van der Waals surface area (Å²) in [7, 11) is 2.07. The molecule has 0 atom stereocenters. The summed E-state index contributed by atoms with van der Waals surface area (Å²) in [6.07, 6.45) is 4.35. The standard InChI is InChI=1S/C12H14N2/c1-14-8-5-9-10(12(13)6-7-12)3-2-4-11(9)14/h2-5,8H,6-7,13H2,1H3. The molecule has 0 amide bonds. The van der Waals surface area contributed by atoms with Gasteiger partial charge in [0.2, 0.25) is 0 Å². The molecule has 0 saturated heterocycles. The molecule has 1 fully saturated rings. The van der Waals surface area contributed by atoms with Crippen LogP contribution in [0.4, 0.5) is 0 Å². The van der Waals surface area contributed by atoms with Crippen LogP contribution in [0.25, 0.3) is 10.9 Å². The number of nitrogens with zero attached hydrogens (tertiary/aromatic N) is 1. The van der Waals surface area contributed by atoms with Gasteiger partial charge in [0.1, 0.15) is 0 Å². The van der Waals surface area contributed by atoms with E-state index >= 15 is 0 Å². The number of hydrogen-bond donors (Lipinski definition) is 1. The molecule has 1 aromatic heterocycles. The molecule has 0 aliphatic heterocycles. The third-order valence-electron chi connectivity index (χ3n) is 3.25. The lowest BCUT2D eigenvalue weighted by Crippen LogP contribution is -2.18. The van der Waals surface area contributed by atoms with E-state index in [2.05, 4.69) is 42.1 Å². The van der Waals surface area contributed by atoms with Gasteiger partial charge in [-0.25, -0.2) is 0 Å². The summed E-state index contributed by atoms with van der Waals surface area (Å²) in [4.78, 5) is 0. The Balaban J connectivity index is 2.34. The first-order chi connectivity index (χ1) is 6.71. The molecule has 1 heterocycles. The average Bonchev–Trinajstić information content (AvgIpc) is 2.83. The van der Waals surface area contributed by atoms with Crippen molar-refractivity contribution in [3.05, 3.63) is 36.0 Å². The van der Waals surface area contributed by atoms with Crippen LogP contribution in [0.2, 0.25) is 0 Å². The van der Waals surface area contributed by atoms with Crippen LogP contribution in [0.15, 0.2) is 30.5 Å². The van der Waals surface area contributed by atoms with E-state index in [1.54, 1.807) is 0 Å². The highest BCUT2D eigenvalue weighted by Gasteiger charge is 2.41. The Bertz CT molecular complexity index is 492. The van der Waals surface area contributed by atoms with Gasteiger partial charge in [-0.05, 0) is 30.5 Å². The lowest BCUT2D eigenvalue weighted by molar-refractivity contribution is 0.748. The highest BCUT2D eigenvalue weighted by Crippen LogP contribution is 2.45. The predicted molar refractivity (Wildman–Crippen MR) is 58.0 cm³/mol. The number of rotatable bonds is 1. The van der Waals surface area contributed by atoms with Crippen LogP contribution in [0, 0.1) is 0 Å². The van der Waals surface area contributed by atoms with Gasteiger partial charge >= 0.3 is 0 Å². The van der Waals surface area contributed by atoms with Gasteiger partial charge in [0.15, 0.2) is 0 Å². The predicted octanol–water partition coefficient (Wildman–Crippen LogP) is 2.13. The van der Waals surface area contributed by atoms with Crippen LogP contribution in [0.1, 0.15) is 18.4 Å². The van der Waals surface area contributed by atoms with E-state index in [1.807, 2.05) is 0 Å². The number of fused-ring (bicyclic) bond motifs is 1. The maximum atomic E-state index is 6.23. The minimum atomic E-state index is -0.0269. The van der Waals surface area contributed by atoms with Crippen molar-refractivity contribution >= 4 is 10.9 Å². The Labute approximate surface area is 83.3 Å². The van der Waals surface area contributed by atoms with Gasteiger partial charge in [-0.15, -0.1) is 0 Å². The van der Waals surface area contributed by atoms with Crippen molar-refractivity contribution in [2.45, 2.75) is 18.4 Å². The fraction of sp³-hybridized carbons (Fsp3) is 0.333. The van der Waals surface area contributed by atoms with Crippen molar-refractivity contribution in [2.75, 3.05) is 0 Å². The zero-order valence-corrected chi connectivity index (χ0v) is 8.33. The van der Waals surface area contributed by atoms with E-state index in [9.17, 15) is 0 Å². The van der Waals surface area contributed by atoms with Gasteiger partial charge in [-0.1, -0.05) is 12.1 Å². The highest BCUT2D eigenvalue weighted by molar-refractivity contribution is 5.85. The van der Waals surface area contributed by atoms with Crippen LogP contribution in [0.5, 0.6) is 0 Å². The monoisotopic (exact) mass is 186 g/mol. The molecular weight excluding hydrogens is 172 g/mol. The lowest BCUT2D eigenvalue weighted by atomic mass is 10.0. The molecule has 0 bridgehead atoms. The van der Waals surface area contributed by atoms with E-state index in [0.717, 1.165) is 12.8 Å². The van der Waals surface area contributed by atoms with Gasteiger partial charge < -0.3 is 10.3 Å². The largest absolute Gasteiger partial charge is 0.351 e. The number of aromatic nitrogens is 1. The second-order valence-corrected chi connectivity index (χ2v) is 4.32. The van der Waals surface area contributed by atoms with Gasteiger partial charge in [0.25, 0.3) is 0 Å². The summed E-state index contributed by atoms with van der Waals surface area (Å²) in [5.41, 5.74) is 8.80. The summed E-state index contributed by atoms with van der Waals surface area (Å²) in [5, 5.41) is 1.31. The number of hydrogen-bond acceptors (Lipinski definition) is 1. The number of benzene rings is 1. The van der Waals surface area contributed by atoms with E-state index in [-0.39, 0.29) is 5.54 Å². The first-order valence-corrected chi connectivity index (χ1v) is 5.04. The van der Waals surface area contributed by atoms with Crippen molar-refractivity contribution in [1.29, 1.82) is 0 Å². The molecule has 72 valence electrons. The van der Waals surface area contributed by atoms with Crippen molar-refractivity contribution < 1.29 is 0 Å². The topological polar surface area (TPSA) is 30.9 Å². The molecule has 0 spiro atoms. The van der Waals surface area contributed by atoms with Crippen molar-refractivity contribution in [2.24, 2.45) is 12.8 Å². The van der Waals surface area contributed by atoms with Gasteiger partial charge in [0.05, 0.1) is 0 Å². The summed E-state index contributed by atoms with van der Waals surface area (Å²) >= 11 is 0. The SMILES string of the molecule is Cn1ccc2c(C3(N)CC3)cccc21. The van der Waals surface area contributed by atoms with Gasteiger partial charge in [0, 0.05) is 29.7 Å². The molecule has 1 aliphatic rings. The normalized spacial score (nSPS) is 18.7. The number of nitrogens with two attached hydrogens (primary N) is 1. The molecule has 2 heteroatoms. The van der Waals surface area contributed by atoms with Crippen LogP contribution in [-0.4, -0.2) is 4.57 Å². The molecule has 0 unspecified atom stereocenters. The Morgan fingerprint density at radius 1 is 1.29 bits per heavy atom. The zero-order valence-electron chi connectivity index (χ0n) is 8.33. The second-order valence-electron chi connectivity index (χ2n) is 4.32. The van der Waals surface area contributed by atoms with Crippen LogP contribution in [0.3, 0.4) is 0 Å². The minimum absolute atomic E-state index is 0.0269. The maximum absolute atomic E-state index is 6.23. The van der Waals surface area contributed by atoms with Crippen LogP contribution >= 0.6 is 0 Å². The molecule has 0 radical (unpaired) electrons.